The number of nitrogens with one attached hydrogen (secondary N) is 1. The molecule has 0 unspecified atom stereocenters. The molecule has 1 heterocycles. The lowest BCUT2D eigenvalue weighted by Crippen LogP contribution is -2.32. The van der Waals surface area contributed by atoms with Crippen molar-refractivity contribution < 1.29 is 19.2 Å². The maximum absolute atomic E-state index is 12.4. The van der Waals surface area contributed by atoms with Gasteiger partial charge in [-0.25, -0.2) is 0 Å². The van der Waals surface area contributed by atoms with Gasteiger partial charge in [-0.3, -0.25) is 19.7 Å². The number of aromatic nitrogens is 1. The molecule has 27 heavy (non-hydrogen) atoms. The zero-order chi connectivity index (χ0) is 20.0. The molecule has 0 spiro atoms. The molecule has 1 amide bonds. The van der Waals surface area contributed by atoms with Crippen molar-refractivity contribution in [3.8, 4) is 11.5 Å². The van der Waals surface area contributed by atoms with Crippen LogP contribution in [0.25, 0.3) is 0 Å². The Hall–Kier alpha value is -3.36. The standard InChI is InChI=1S/C18H21N3O6/c1-20(18(23)14-10-13(21(24)25)11-19-17(14)22)8-4-5-12-6-7-15(26-2)16(9-12)27-3/h6-7,9-11H,4-5,8H2,1-3H3,(H,19,22). The number of ether oxygens (including phenoxy) is 2. The summed E-state index contributed by atoms with van der Waals surface area (Å²) in [5.41, 5.74) is -0.228. The third kappa shape index (κ3) is 4.84. The first-order chi connectivity index (χ1) is 12.9. The van der Waals surface area contributed by atoms with E-state index in [4.69, 9.17) is 9.47 Å². The summed E-state index contributed by atoms with van der Waals surface area (Å²) >= 11 is 0. The molecule has 0 bridgehead atoms. The summed E-state index contributed by atoms with van der Waals surface area (Å²) in [4.78, 5) is 38.0. The van der Waals surface area contributed by atoms with Crippen LogP contribution >= 0.6 is 0 Å². The smallest absolute Gasteiger partial charge is 0.286 e. The van der Waals surface area contributed by atoms with Crippen LogP contribution in [0.5, 0.6) is 11.5 Å². The largest absolute Gasteiger partial charge is 0.493 e. The number of benzene rings is 1. The van der Waals surface area contributed by atoms with Crippen molar-refractivity contribution in [1.29, 1.82) is 0 Å². The van der Waals surface area contributed by atoms with Gasteiger partial charge >= 0.3 is 0 Å². The average molecular weight is 375 g/mol. The Morgan fingerprint density at radius 2 is 1.93 bits per heavy atom. The second-order valence-electron chi connectivity index (χ2n) is 5.88. The monoisotopic (exact) mass is 375 g/mol. The van der Waals surface area contributed by atoms with E-state index in [1.807, 2.05) is 18.2 Å². The molecule has 0 aliphatic rings. The fraction of sp³-hybridized carbons (Fsp3) is 0.333. The predicted octanol–water partition coefficient (Wildman–Crippen LogP) is 2.01. The minimum absolute atomic E-state index is 0.252. The third-order valence-electron chi connectivity index (χ3n) is 4.08. The molecule has 2 rings (SSSR count). The van der Waals surface area contributed by atoms with Gasteiger partial charge in [0.15, 0.2) is 11.5 Å². The molecular weight excluding hydrogens is 354 g/mol. The van der Waals surface area contributed by atoms with Crippen molar-refractivity contribution in [2.24, 2.45) is 0 Å². The third-order valence-corrected chi connectivity index (χ3v) is 4.08. The Bertz CT molecular complexity index is 893. The number of nitro groups is 1. The van der Waals surface area contributed by atoms with Gasteiger partial charge in [0.2, 0.25) is 0 Å². The molecule has 144 valence electrons. The van der Waals surface area contributed by atoms with Crippen LogP contribution in [0.3, 0.4) is 0 Å². The fourth-order valence-electron chi connectivity index (χ4n) is 2.60. The SMILES string of the molecule is COc1ccc(CCCN(C)C(=O)c2cc([N+](=O)[O-])c[nH]c2=O)cc1OC. The van der Waals surface area contributed by atoms with Crippen molar-refractivity contribution in [2.75, 3.05) is 27.8 Å². The van der Waals surface area contributed by atoms with Crippen LogP contribution in [-0.4, -0.2) is 48.5 Å². The second kappa shape index (κ2) is 8.84. The number of amides is 1. The second-order valence-corrected chi connectivity index (χ2v) is 5.88. The number of hydrogen-bond acceptors (Lipinski definition) is 6. The topological polar surface area (TPSA) is 115 Å². The maximum atomic E-state index is 12.4. The highest BCUT2D eigenvalue weighted by Gasteiger charge is 2.19. The summed E-state index contributed by atoms with van der Waals surface area (Å²) in [6.07, 6.45) is 2.30. The Morgan fingerprint density at radius 1 is 1.22 bits per heavy atom. The lowest BCUT2D eigenvalue weighted by molar-refractivity contribution is -0.385. The Labute approximate surface area is 155 Å². The molecule has 1 N–H and O–H groups in total. The van der Waals surface area contributed by atoms with Gasteiger partial charge in [0.25, 0.3) is 17.2 Å². The number of carbonyl (C=O) groups excluding carboxylic acids is 1. The number of aryl methyl sites for hydroxylation is 1. The first-order valence-corrected chi connectivity index (χ1v) is 8.21. The van der Waals surface area contributed by atoms with Crippen LogP contribution in [0, 0.1) is 10.1 Å². The number of pyridine rings is 1. The summed E-state index contributed by atoms with van der Waals surface area (Å²) in [6, 6.07) is 6.58. The number of methoxy groups -OCH3 is 2. The summed E-state index contributed by atoms with van der Waals surface area (Å²) in [5.74, 6) is 0.702. The molecule has 0 aliphatic heterocycles. The molecule has 0 saturated carbocycles. The normalized spacial score (nSPS) is 10.3. The number of rotatable bonds is 8. The molecule has 1 aromatic heterocycles. The van der Waals surface area contributed by atoms with E-state index in [1.54, 1.807) is 21.3 Å². The van der Waals surface area contributed by atoms with Crippen LogP contribution in [0.2, 0.25) is 0 Å². The molecular formula is C18H21N3O6. The summed E-state index contributed by atoms with van der Waals surface area (Å²) < 4.78 is 10.5. The van der Waals surface area contributed by atoms with Crippen LogP contribution < -0.4 is 15.0 Å². The highest BCUT2D eigenvalue weighted by atomic mass is 16.6. The van der Waals surface area contributed by atoms with E-state index in [9.17, 15) is 19.7 Å². The number of nitrogens with zero attached hydrogens (tertiary/aromatic N) is 2. The molecule has 0 radical (unpaired) electrons. The van der Waals surface area contributed by atoms with Crippen molar-refractivity contribution >= 4 is 11.6 Å². The Kier molecular flexibility index (Phi) is 6.53. The van der Waals surface area contributed by atoms with Gasteiger partial charge in [-0.15, -0.1) is 0 Å². The van der Waals surface area contributed by atoms with E-state index in [2.05, 4.69) is 4.98 Å². The maximum Gasteiger partial charge on any atom is 0.286 e. The van der Waals surface area contributed by atoms with Crippen LogP contribution in [-0.2, 0) is 6.42 Å². The summed E-state index contributed by atoms with van der Waals surface area (Å²) in [5, 5.41) is 10.8. The van der Waals surface area contributed by atoms with Crippen LogP contribution in [0.4, 0.5) is 5.69 Å². The fourth-order valence-corrected chi connectivity index (χ4v) is 2.60. The van der Waals surface area contributed by atoms with Gasteiger partial charge in [0, 0.05) is 19.7 Å². The minimum atomic E-state index is -0.663. The average Bonchev–Trinajstić information content (AvgIpc) is 2.67. The zero-order valence-electron chi connectivity index (χ0n) is 15.4. The highest BCUT2D eigenvalue weighted by molar-refractivity contribution is 5.94. The van der Waals surface area contributed by atoms with Crippen LogP contribution in [0.1, 0.15) is 22.3 Å². The minimum Gasteiger partial charge on any atom is -0.493 e. The first-order valence-electron chi connectivity index (χ1n) is 8.21. The molecule has 0 atom stereocenters. The van der Waals surface area contributed by atoms with Crippen molar-refractivity contribution in [1.82, 2.24) is 9.88 Å². The first kappa shape index (κ1) is 20.0. The molecule has 0 aliphatic carbocycles. The zero-order valence-corrected chi connectivity index (χ0v) is 15.4. The van der Waals surface area contributed by atoms with E-state index < -0.39 is 16.4 Å². The van der Waals surface area contributed by atoms with Gasteiger partial charge in [-0.1, -0.05) is 6.07 Å². The van der Waals surface area contributed by atoms with Gasteiger partial charge in [0.1, 0.15) is 5.56 Å². The van der Waals surface area contributed by atoms with Gasteiger partial charge < -0.3 is 19.4 Å². The number of H-pyrrole nitrogens is 1. The van der Waals surface area contributed by atoms with Crippen molar-refractivity contribution in [2.45, 2.75) is 12.8 Å². The quantitative estimate of drug-likeness (QED) is 0.557. The van der Waals surface area contributed by atoms with Gasteiger partial charge in [-0.05, 0) is 30.5 Å². The van der Waals surface area contributed by atoms with Gasteiger partial charge in [-0.2, -0.15) is 0 Å². The van der Waals surface area contributed by atoms with E-state index >= 15 is 0 Å². The molecule has 2 aromatic rings. The Balaban J connectivity index is 2.01. The molecule has 0 fully saturated rings. The summed E-state index contributed by atoms with van der Waals surface area (Å²) in [7, 11) is 4.67. The predicted molar refractivity (Wildman–Crippen MR) is 98.5 cm³/mol. The van der Waals surface area contributed by atoms with Crippen LogP contribution in [0.15, 0.2) is 35.3 Å². The number of aromatic amines is 1. The lowest BCUT2D eigenvalue weighted by Gasteiger charge is -2.17. The van der Waals surface area contributed by atoms with Gasteiger partial charge in [0.05, 0.1) is 25.3 Å². The van der Waals surface area contributed by atoms with E-state index in [1.165, 1.54) is 4.90 Å². The van der Waals surface area contributed by atoms with E-state index in [0.717, 1.165) is 17.8 Å². The van der Waals surface area contributed by atoms with Crippen molar-refractivity contribution in [3.63, 3.8) is 0 Å². The Morgan fingerprint density at radius 3 is 2.56 bits per heavy atom. The van der Waals surface area contributed by atoms with E-state index in [-0.39, 0.29) is 11.3 Å². The molecule has 1 aromatic carbocycles. The summed E-state index contributed by atoms with van der Waals surface area (Å²) in [6.45, 7) is 0.384. The molecule has 9 nitrogen and oxygen atoms in total. The number of carbonyl (C=O) groups is 1. The lowest BCUT2D eigenvalue weighted by atomic mass is 10.1. The van der Waals surface area contributed by atoms with E-state index in [0.29, 0.717) is 30.9 Å². The van der Waals surface area contributed by atoms with Crippen molar-refractivity contribution in [3.05, 3.63) is 62.1 Å². The molecule has 0 saturated heterocycles. The number of hydrogen-bond donors (Lipinski definition) is 1. The highest BCUT2D eigenvalue weighted by Crippen LogP contribution is 2.28. The molecule has 9 heteroatoms.